The van der Waals surface area contributed by atoms with Crippen LogP contribution in [0.2, 0.25) is 0 Å². The summed E-state index contributed by atoms with van der Waals surface area (Å²) in [5.74, 6) is 0. The Kier molecular flexibility index (Phi) is 16.3. The first kappa shape index (κ1) is 23.9. The molecule has 0 saturated carbocycles. The molecular formula is C17H37N2O4P. The predicted molar refractivity (Wildman–Crippen MR) is 100 cm³/mol. The second kappa shape index (κ2) is 16.3. The van der Waals surface area contributed by atoms with Crippen LogP contribution in [0, 0.1) is 4.91 Å². The maximum atomic E-state index is 10.9. The third-order valence-electron chi connectivity index (χ3n) is 4.39. The van der Waals surface area contributed by atoms with Crippen molar-refractivity contribution in [2.24, 2.45) is 10.9 Å². The van der Waals surface area contributed by atoms with Gasteiger partial charge in [-0.3, -0.25) is 0 Å². The Morgan fingerprint density at radius 3 is 1.75 bits per heavy atom. The third-order valence-corrected chi connectivity index (χ3v) is 4.80. The molecule has 4 N–H and O–H groups in total. The summed E-state index contributed by atoms with van der Waals surface area (Å²) in [5, 5.41) is 3.00. The van der Waals surface area contributed by atoms with Crippen molar-refractivity contribution < 1.29 is 14.3 Å². The fraction of sp³-hybridized carbons (Fsp3) is 1.00. The van der Waals surface area contributed by atoms with Crippen LogP contribution >= 0.6 is 8.60 Å². The van der Waals surface area contributed by atoms with E-state index < -0.39 is 14.3 Å². The molecule has 24 heavy (non-hydrogen) atoms. The Balaban J connectivity index is 3.44. The Hall–Kier alpha value is -0.130. The zero-order chi connectivity index (χ0) is 18.1. The molecule has 0 fully saturated rings. The van der Waals surface area contributed by atoms with Crippen molar-refractivity contribution in [1.29, 1.82) is 0 Å². The molecule has 0 radical (unpaired) electrons. The van der Waals surface area contributed by atoms with Crippen molar-refractivity contribution in [3.05, 3.63) is 4.91 Å². The van der Waals surface area contributed by atoms with Crippen molar-refractivity contribution in [2.75, 3.05) is 6.61 Å². The SMILES string of the molecule is CCCCCCCCCCCCCC[C@](N)(CCOP(O)O)N=O. The van der Waals surface area contributed by atoms with Gasteiger partial charge in [0.1, 0.15) is 0 Å². The minimum Gasteiger partial charge on any atom is -0.328 e. The summed E-state index contributed by atoms with van der Waals surface area (Å²) in [4.78, 5) is 28.2. The number of nitrogens with zero attached hydrogens (tertiary/aromatic N) is 1. The minimum absolute atomic E-state index is 0.0409. The van der Waals surface area contributed by atoms with Gasteiger partial charge in [-0.25, -0.2) is 0 Å². The highest BCUT2D eigenvalue weighted by atomic mass is 31.2. The maximum absolute atomic E-state index is 10.9. The molecule has 144 valence electrons. The molecule has 0 amide bonds. The molecule has 0 bridgehead atoms. The van der Waals surface area contributed by atoms with Gasteiger partial charge in [0.15, 0.2) is 5.66 Å². The zero-order valence-electron chi connectivity index (χ0n) is 15.3. The van der Waals surface area contributed by atoms with Crippen molar-refractivity contribution in [3.8, 4) is 0 Å². The van der Waals surface area contributed by atoms with Crippen LogP contribution in [0.15, 0.2) is 5.18 Å². The van der Waals surface area contributed by atoms with Crippen LogP contribution in [0.3, 0.4) is 0 Å². The van der Waals surface area contributed by atoms with E-state index >= 15 is 0 Å². The highest BCUT2D eigenvalue weighted by molar-refractivity contribution is 7.39. The van der Waals surface area contributed by atoms with Crippen molar-refractivity contribution >= 4 is 8.60 Å². The summed E-state index contributed by atoms with van der Waals surface area (Å²) in [6.07, 6.45) is 15.8. The van der Waals surface area contributed by atoms with E-state index in [2.05, 4.69) is 16.6 Å². The van der Waals surface area contributed by atoms with Crippen molar-refractivity contribution in [3.63, 3.8) is 0 Å². The molecule has 1 atom stereocenters. The lowest BCUT2D eigenvalue weighted by molar-refractivity contribution is 0.217. The Bertz CT molecular complexity index is 296. The molecule has 0 aliphatic heterocycles. The van der Waals surface area contributed by atoms with Gasteiger partial charge in [-0.05, 0) is 18.0 Å². The van der Waals surface area contributed by atoms with Crippen molar-refractivity contribution in [2.45, 2.75) is 102 Å². The minimum atomic E-state index is -2.39. The maximum Gasteiger partial charge on any atom is 0.327 e. The van der Waals surface area contributed by atoms with Gasteiger partial charge < -0.3 is 20.0 Å². The second-order valence-corrected chi connectivity index (χ2v) is 7.43. The summed E-state index contributed by atoms with van der Waals surface area (Å²) < 4.78 is 4.65. The standard InChI is InChI=1S/C17H37N2O4P/c1-2-3-4-5-6-7-8-9-10-11-12-13-14-17(18,19-20)15-16-23-24(21)22/h21-22H,2-16,18H2,1H3/t17-/m1/s1. The second-order valence-electron chi connectivity index (χ2n) is 6.67. The summed E-state index contributed by atoms with van der Waals surface area (Å²) in [6, 6.07) is 0. The number of unbranched alkanes of at least 4 members (excludes halogenated alkanes) is 11. The van der Waals surface area contributed by atoms with Crippen LogP contribution in [0.1, 0.15) is 96.8 Å². The van der Waals surface area contributed by atoms with Gasteiger partial charge in [-0.1, -0.05) is 77.6 Å². The van der Waals surface area contributed by atoms with E-state index in [0.717, 1.165) is 12.8 Å². The summed E-state index contributed by atoms with van der Waals surface area (Å²) in [5.41, 5.74) is 4.75. The first-order valence-corrected chi connectivity index (χ1v) is 10.6. The van der Waals surface area contributed by atoms with Crippen molar-refractivity contribution in [1.82, 2.24) is 0 Å². The lowest BCUT2D eigenvalue weighted by Gasteiger charge is -2.21. The first-order valence-electron chi connectivity index (χ1n) is 9.48. The number of hydrogen-bond donors (Lipinski definition) is 3. The molecule has 0 aliphatic rings. The summed E-state index contributed by atoms with van der Waals surface area (Å²) in [7, 11) is -2.39. The molecule has 0 rings (SSSR count). The lowest BCUT2D eigenvalue weighted by Crippen LogP contribution is -2.38. The molecule has 6 nitrogen and oxygen atoms in total. The number of nitroso groups, excluding NO2 is 1. The van der Waals surface area contributed by atoms with E-state index in [4.69, 9.17) is 15.5 Å². The number of rotatable bonds is 18. The average molecular weight is 364 g/mol. The highest BCUT2D eigenvalue weighted by Gasteiger charge is 2.25. The predicted octanol–water partition coefficient (Wildman–Crippen LogP) is 5.12. The molecule has 0 aromatic carbocycles. The van der Waals surface area contributed by atoms with Gasteiger partial charge in [0.25, 0.3) is 0 Å². The van der Waals surface area contributed by atoms with Gasteiger partial charge in [-0.15, -0.1) is 4.91 Å². The highest BCUT2D eigenvalue weighted by Crippen LogP contribution is 2.27. The van der Waals surface area contributed by atoms with Gasteiger partial charge in [-0.2, -0.15) is 0 Å². The lowest BCUT2D eigenvalue weighted by atomic mass is 9.99. The number of nitrogens with two attached hydrogens (primary N) is 1. The van der Waals surface area contributed by atoms with Gasteiger partial charge >= 0.3 is 8.60 Å². The van der Waals surface area contributed by atoms with E-state index in [1.54, 1.807) is 0 Å². The topological polar surface area (TPSA) is 105 Å². The van der Waals surface area contributed by atoms with Crippen LogP contribution < -0.4 is 5.73 Å². The van der Waals surface area contributed by atoms with Crippen LogP contribution in [-0.4, -0.2) is 22.1 Å². The fourth-order valence-corrected chi connectivity index (χ4v) is 3.05. The van der Waals surface area contributed by atoms with E-state index in [-0.39, 0.29) is 13.0 Å². The first-order chi connectivity index (χ1) is 11.5. The smallest absolute Gasteiger partial charge is 0.327 e. The molecular weight excluding hydrogens is 327 g/mol. The van der Waals surface area contributed by atoms with E-state index in [1.165, 1.54) is 64.2 Å². The quantitative estimate of drug-likeness (QED) is 0.178. The zero-order valence-corrected chi connectivity index (χ0v) is 16.2. The average Bonchev–Trinajstić information content (AvgIpc) is 2.55. The molecule has 0 spiro atoms. The normalized spacial score (nSPS) is 14.0. The largest absolute Gasteiger partial charge is 0.328 e. The third kappa shape index (κ3) is 15.4. The van der Waals surface area contributed by atoms with Gasteiger partial charge in [0, 0.05) is 6.42 Å². The summed E-state index contributed by atoms with van der Waals surface area (Å²) >= 11 is 0. The fourth-order valence-electron chi connectivity index (χ4n) is 2.79. The molecule has 0 unspecified atom stereocenters. The van der Waals surface area contributed by atoms with Crippen LogP contribution in [-0.2, 0) is 4.52 Å². The van der Waals surface area contributed by atoms with E-state index in [0.29, 0.717) is 6.42 Å². The monoisotopic (exact) mass is 364 g/mol. The molecule has 0 aromatic heterocycles. The Morgan fingerprint density at radius 1 is 0.875 bits per heavy atom. The van der Waals surface area contributed by atoms with Crippen LogP contribution in [0.4, 0.5) is 0 Å². The Labute approximate surface area is 148 Å². The van der Waals surface area contributed by atoms with E-state index in [9.17, 15) is 4.91 Å². The van der Waals surface area contributed by atoms with Crippen LogP contribution in [0.5, 0.6) is 0 Å². The molecule has 7 heteroatoms. The molecule has 0 aliphatic carbocycles. The Morgan fingerprint density at radius 2 is 1.33 bits per heavy atom. The van der Waals surface area contributed by atoms with Gasteiger partial charge in [0.2, 0.25) is 0 Å². The molecule has 0 heterocycles. The molecule has 0 aromatic rings. The van der Waals surface area contributed by atoms with Crippen LogP contribution in [0.25, 0.3) is 0 Å². The van der Waals surface area contributed by atoms with Gasteiger partial charge in [0.05, 0.1) is 6.61 Å². The number of hydrogen-bond acceptors (Lipinski definition) is 6. The summed E-state index contributed by atoms with van der Waals surface area (Å²) in [6.45, 7) is 2.28. The van der Waals surface area contributed by atoms with E-state index in [1.807, 2.05) is 0 Å². The molecule has 0 saturated heterocycles.